The predicted molar refractivity (Wildman–Crippen MR) is 67.5 cm³/mol. The molecule has 4 heteroatoms. The van der Waals surface area contributed by atoms with E-state index in [-0.39, 0.29) is 5.82 Å². The lowest BCUT2D eigenvalue weighted by Gasteiger charge is -2.10. The van der Waals surface area contributed by atoms with Crippen LogP contribution in [0.4, 0.5) is 4.39 Å². The standard InChI is InChI=1S/C11H12FIN2/c1-6(2)15-7(3)14-11-9(12)4-8(13)5-10(11)15/h4-6H,1-3H3. The number of benzene rings is 1. The Balaban J connectivity index is 2.86. The van der Waals surface area contributed by atoms with Gasteiger partial charge in [0.1, 0.15) is 11.3 Å². The van der Waals surface area contributed by atoms with E-state index in [0.717, 1.165) is 14.9 Å². The largest absolute Gasteiger partial charge is 0.326 e. The van der Waals surface area contributed by atoms with Gasteiger partial charge in [-0.05, 0) is 55.5 Å². The van der Waals surface area contributed by atoms with Crippen LogP contribution in [-0.2, 0) is 0 Å². The molecule has 2 aromatic rings. The summed E-state index contributed by atoms with van der Waals surface area (Å²) in [6.07, 6.45) is 0. The molecule has 2 nitrogen and oxygen atoms in total. The van der Waals surface area contributed by atoms with Crippen LogP contribution in [0.5, 0.6) is 0 Å². The molecule has 0 unspecified atom stereocenters. The van der Waals surface area contributed by atoms with E-state index < -0.39 is 0 Å². The summed E-state index contributed by atoms with van der Waals surface area (Å²) in [5.74, 6) is 0.625. The van der Waals surface area contributed by atoms with Gasteiger partial charge in [0.25, 0.3) is 0 Å². The summed E-state index contributed by atoms with van der Waals surface area (Å²) in [5, 5.41) is 0. The zero-order valence-corrected chi connectivity index (χ0v) is 11.0. The first-order chi connectivity index (χ1) is 7.00. The van der Waals surface area contributed by atoms with E-state index in [1.54, 1.807) is 0 Å². The summed E-state index contributed by atoms with van der Waals surface area (Å²) < 4.78 is 16.6. The molecule has 0 saturated carbocycles. The molecule has 1 aromatic carbocycles. The molecule has 80 valence electrons. The Kier molecular flexibility index (Phi) is 2.70. The van der Waals surface area contributed by atoms with Gasteiger partial charge in [-0.3, -0.25) is 0 Å². The summed E-state index contributed by atoms with van der Waals surface area (Å²) in [7, 11) is 0. The average Bonchev–Trinajstić information content (AvgIpc) is 2.41. The van der Waals surface area contributed by atoms with Crippen molar-refractivity contribution in [3.05, 3.63) is 27.3 Å². The fourth-order valence-corrected chi connectivity index (χ4v) is 2.46. The Labute approximate surface area is 102 Å². The average molecular weight is 318 g/mol. The number of aromatic nitrogens is 2. The van der Waals surface area contributed by atoms with Crippen LogP contribution < -0.4 is 0 Å². The van der Waals surface area contributed by atoms with Crippen molar-refractivity contribution in [2.75, 3.05) is 0 Å². The number of hydrogen-bond acceptors (Lipinski definition) is 1. The van der Waals surface area contributed by atoms with Crippen LogP contribution in [0.3, 0.4) is 0 Å². The third-order valence-electron chi connectivity index (χ3n) is 2.41. The van der Waals surface area contributed by atoms with Crippen LogP contribution in [0.25, 0.3) is 11.0 Å². The Morgan fingerprint density at radius 1 is 1.40 bits per heavy atom. The van der Waals surface area contributed by atoms with E-state index in [1.165, 1.54) is 6.07 Å². The van der Waals surface area contributed by atoms with Crippen molar-refractivity contribution >= 4 is 33.6 Å². The van der Waals surface area contributed by atoms with E-state index in [4.69, 9.17) is 0 Å². The Hall–Kier alpha value is -0.650. The molecule has 0 aliphatic carbocycles. The Morgan fingerprint density at radius 2 is 2.07 bits per heavy atom. The molecular formula is C11H12FIN2. The highest BCUT2D eigenvalue weighted by Gasteiger charge is 2.13. The Morgan fingerprint density at radius 3 is 2.67 bits per heavy atom. The molecule has 0 bridgehead atoms. The van der Waals surface area contributed by atoms with E-state index in [1.807, 2.05) is 13.0 Å². The third kappa shape index (κ3) is 1.75. The van der Waals surface area contributed by atoms with Crippen LogP contribution in [0.1, 0.15) is 25.7 Å². The lowest BCUT2D eigenvalue weighted by atomic mass is 10.3. The maximum absolute atomic E-state index is 13.6. The summed E-state index contributed by atoms with van der Waals surface area (Å²) in [6.45, 7) is 6.06. The number of rotatable bonds is 1. The molecule has 0 aliphatic rings. The molecule has 0 fully saturated rings. The zero-order valence-electron chi connectivity index (χ0n) is 8.88. The van der Waals surface area contributed by atoms with E-state index in [0.29, 0.717) is 11.6 Å². The summed E-state index contributed by atoms with van der Waals surface area (Å²) >= 11 is 2.12. The second-order valence-corrected chi connectivity index (χ2v) is 5.12. The molecule has 15 heavy (non-hydrogen) atoms. The van der Waals surface area contributed by atoms with Crippen LogP contribution in [0.2, 0.25) is 0 Å². The molecule has 0 spiro atoms. The van der Waals surface area contributed by atoms with E-state index >= 15 is 0 Å². The first-order valence-corrected chi connectivity index (χ1v) is 5.92. The normalized spacial score (nSPS) is 11.6. The number of aryl methyl sites for hydroxylation is 1. The van der Waals surface area contributed by atoms with Gasteiger partial charge < -0.3 is 4.57 Å². The van der Waals surface area contributed by atoms with Crippen LogP contribution >= 0.6 is 22.6 Å². The lowest BCUT2D eigenvalue weighted by molar-refractivity contribution is 0.600. The van der Waals surface area contributed by atoms with Crippen molar-refractivity contribution in [2.45, 2.75) is 26.8 Å². The van der Waals surface area contributed by atoms with Crippen LogP contribution in [0.15, 0.2) is 12.1 Å². The molecule has 0 N–H and O–H groups in total. The molecule has 1 aromatic heterocycles. The zero-order chi connectivity index (χ0) is 11.2. The van der Waals surface area contributed by atoms with Crippen molar-refractivity contribution < 1.29 is 4.39 Å². The molecule has 0 aliphatic heterocycles. The highest BCUT2D eigenvalue weighted by atomic mass is 127. The van der Waals surface area contributed by atoms with Crippen LogP contribution in [-0.4, -0.2) is 9.55 Å². The van der Waals surface area contributed by atoms with Gasteiger partial charge in [-0.1, -0.05) is 0 Å². The number of fused-ring (bicyclic) bond motifs is 1. The number of nitrogens with zero attached hydrogens (tertiary/aromatic N) is 2. The molecule has 0 radical (unpaired) electrons. The molecule has 0 saturated heterocycles. The number of hydrogen-bond donors (Lipinski definition) is 0. The maximum Gasteiger partial charge on any atom is 0.152 e. The fourth-order valence-electron chi connectivity index (χ4n) is 1.89. The quantitative estimate of drug-likeness (QED) is 0.734. The van der Waals surface area contributed by atoms with Gasteiger partial charge in [-0.2, -0.15) is 0 Å². The van der Waals surface area contributed by atoms with Crippen molar-refractivity contribution in [3.8, 4) is 0 Å². The minimum atomic E-state index is -0.237. The first kappa shape index (κ1) is 10.9. The van der Waals surface area contributed by atoms with Gasteiger partial charge in [0, 0.05) is 9.61 Å². The summed E-state index contributed by atoms with van der Waals surface area (Å²) in [6, 6.07) is 3.78. The van der Waals surface area contributed by atoms with Gasteiger partial charge in [0.05, 0.1) is 5.52 Å². The highest BCUT2D eigenvalue weighted by Crippen LogP contribution is 2.24. The monoisotopic (exact) mass is 318 g/mol. The molecular weight excluding hydrogens is 306 g/mol. The van der Waals surface area contributed by atoms with Crippen molar-refractivity contribution in [2.24, 2.45) is 0 Å². The van der Waals surface area contributed by atoms with Crippen molar-refractivity contribution in [1.29, 1.82) is 0 Å². The van der Waals surface area contributed by atoms with E-state index in [9.17, 15) is 4.39 Å². The first-order valence-electron chi connectivity index (χ1n) is 4.84. The van der Waals surface area contributed by atoms with Crippen LogP contribution in [0, 0.1) is 16.3 Å². The van der Waals surface area contributed by atoms with Gasteiger partial charge in [-0.25, -0.2) is 9.37 Å². The number of imidazole rings is 1. The summed E-state index contributed by atoms with van der Waals surface area (Å²) in [5.41, 5.74) is 1.36. The van der Waals surface area contributed by atoms with Gasteiger partial charge >= 0.3 is 0 Å². The molecule has 0 amide bonds. The molecule has 1 heterocycles. The van der Waals surface area contributed by atoms with Crippen molar-refractivity contribution in [1.82, 2.24) is 9.55 Å². The van der Waals surface area contributed by atoms with Gasteiger partial charge in [0.2, 0.25) is 0 Å². The second kappa shape index (κ2) is 3.73. The molecule has 0 atom stereocenters. The predicted octanol–water partition coefficient (Wildman–Crippen LogP) is 3.67. The minimum absolute atomic E-state index is 0.237. The topological polar surface area (TPSA) is 17.8 Å². The van der Waals surface area contributed by atoms with E-state index in [2.05, 4.69) is 46.0 Å². The SMILES string of the molecule is Cc1nc2c(F)cc(I)cc2n1C(C)C. The Bertz CT molecular complexity index is 517. The second-order valence-electron chi connectivity index (χ2n) is 3.88. The van der Waals surface area contributed by atoms with Gasteiger partial charge in [-0.15, -0.1) is 0 Å². The minimum Gasteiger partial charge on any atom is -0.326 e. The fraction of sp³-hybridized carbons (Fsp3) is 0.364. The summed E-state index contributed by atoms with van der Waals surface area (Å²) in [4.78, 5) is 4.26. The van der Waals surface area contributed by atoms with Gasteiger partial charge in [0.15, 0.2) is 5.82 Å². The maximum atomic E-state index is 13.6. The third-order valence-corrected chi connectivity index (χ3v) is 3.03. The highest BCUT2D eigenvalue weighted by molar-refractivity contribution is 14.1. The van der Waals surface area contributed by atoms with Crippen molar-refractivity contribution in [3.63, 3.8) is 0 Å². The smallest absolute Gasteiger partial charge is 0.152 e. The number of halogens is 2. The molecule has 2 rings (SSSR count). The lowest BCUT2D eigenvalue weighted by Crippen LogP contribution is -2.02.